The van der Waals surface area contributed by atoms with E-state index in [0.717, 1.165) is 36.8 Å². The molecule has 0 saturated carbocycles. The lowest BCUT2D eigenvalue weighted by atomic mass is 10.1. The smallest absolute Gasteiger partial charge is 0.347 e. The summed E-state index contributed by atoms with van der Waals surface area (Å²) in [5, 5.41) is 6.16. The highest BCUT2D eigenvalue weighted by Crippen LogP contribution is 2.37. The Bertz CT molecular complexity index is 690. The summed E-state index contributed by atoms with van der Waals surface area (Å²) in [5.74, 6) is -0.303. The van der Waals surface area contributed by atoms with Crippen LogP contribution in [-0.2, 0) is 6.18 Å². The van der Waals surface area contributed by atoms with Crippen LogP contribution in [0.4, 0.5) is 13.2 Å². The second-order valence-electron chi connectivity index (χ2n) is 5.34. The summed E-state index contributed by atoms with van der Waals surface area (Å²) in [6.45, 7) is 1.63. The van der Waals surface area contributed by atoms with Crippen LogP contribution in [0.25, 0.3) is 10.1 Å². The molecule has 3 nitrogen and oxygen atoms in total. The normalized spacial score (nSPS) is 19.3. The number of halogens is 3. The summed E-state index contributed by atoms with van der Waals surface area (Å²) in [6, 6.07) is 5.40. The van der Waals surface area contributed by atoms with Gasteiger partial charge in [0, 0.05) is 22.7 Å². The van der Waals surface area contributed by atoms with E-state index in [9.17, 15) is 18.0 Å². The molecule has 3 rings (SSSR count). The van der Waals surface area contributed by atoms with Crippen LogP contribution in [0.3, 0.4) is 0 Å². The van der Waals surface area contributed by atoms with Crippen molar-refractivity contribution in [2.75, 3.05) is 13.1 Å². The lowest BCUT2D eigenvalue weighted by molar-refractivity contribution is -0.136. The minimum absolute atomic E-state index is 0.0357. The van der Waals surface area contributed by atoms with E-state index in [-0.39, 0.29) is 17.3 Å². The number of carbonyl (C=O) groups excluding carboxylic acids is 1. The fourth-order valence-corrected chi connectivity index (χ4v) is 3.64. The summed E-state index contributed by atoms with van der Waals surface area (Å²) in [6.07, 6.45) is -2.55. The van der Waals surface area contributed by atoms with Gasteiger partial charge in [-0.2, -0.15) is 13.2 Å². The van der Waals surface area contributed by atoms with Crippen LogP contribution < -0.4 is 10.6 Å². The second kappa shape index (κ2) is 5.89. The highest BCUT2D eigenvalue weighted by atomic mass is 32.1. The maximum absolute atomic E-state index is 13.0. The van der Waals surface area contributed by atoms with Crippen LogP contribution >= 0.6 is 11.3 Å². The molecular formula is C15H15F3N2OS. The summed E-state index contributed by atoms with van der Waals surface area (Å²) in [5.41, 5.74) is -0.695. The van der Waals surface area contributed by atoms with Gasteiger partial charge in [-0.05, 0) is 37.6 Å². The number of amides is 1. The third kappa shape index (κ3) is 3.10. The number of hydrogen-bond donors (Lipinski definition) is 2. The fraction of sp³-hybridized carbons (Fsp3) is 0.400. The third-order valence-electron chi connectivity index (χ3n) is 3.72. The van der Waals surface area contributed by atoms with Crippen LogP contribution in [0.2, 0.25) is 0 Å². The number of hydrogen-bond acceptors (Lipinski definition) is 3. The van der Waals surface area contributed by atoms with Gasteiger partial charge in [-0.25, -0.2) is 0 Å². The monoisotopic (exact) mass is 328 g/mol. The Morgan fingerprint density at radius 1 is 1.36 bits per heavy atom. The van der Waals surface area contributed by atoms with Gasteiger partial charge in [0.05, 0.1) is 10.4 Å². The predicted octanol–water partition coefficient (Wildman–Crippen LogP) is 3.40. The van der Waals surface area contributed by atoms with Crippen molar-refractivity contribution < 1.29 is 18.0 Å². The first-order valence-electron chi connectivity index (χ1n) is 7.06. The van der Waals surface area contributed by atoms with Gasteiger partial charge in [-0.15, -0.1) is 11.3 Å². The lowest BCUT2D eigenvalue weighted by Gasteiger charge is -2.23. The molecular weight excluding hydrogens is 313 g/mol. The van der Waals surface area contributed by atoms with Crippen molar-refractivity contribution in [2.45, 2.75) is 25.1 Å². The van der Waals surface area contributed by atoms with Crippen molar-refractivity contribution in [3.63, 3.8) is 0 Å². The Morgan fingerprint density at radius 3 is 2.86 bits per heavy atom. The van der Waals surface area contributed by atoms with Crippen molar-refractivity contribution >= 4 is 27.3 Å². The molecule has 22 heavy (non-hydrogen) atoms. The number of thiophene rings is 1. The fourth-order valence-electron chi connectivity index (χ4n) is 2.65. The summed E-state index contributed by atoms with van der Waals surface area (Å²) >= 11 is 1.09. The Hall–Kier alpha value is -1.60. The van der Waals surface area contributed by atoms with Crippen molar-refractivity contribution in [1.29, 1.82) is 0 Å². The van der Waals surface area contributed by atoms with Crippen LogP contribution in [0, 0.1) is 0 Å². The van der Waals surface area contributed by atoms with Crippen LogP contribution in [0.15, 0.2) is 24.3 Å². The zero-order valence-corrected chi connectivity index (χ0v) is 12.5. The van der Waals surface area contributed by atoms with E-state index in [4.69, 9.17) is 0 Å². The van der Waals surface area contributed by atoms with Gasteiger partial charge in [-0.3, -0.25) is 4.79 Å². The Morgan fingerprint density at radius 2 is 2.18 bits per heavy atom. The van der Waals surface area contributed by atoms with Gasteiger partial charge in [0.1, 0.15) is 0 Å². The molecule has 1 aliphatic rings. The maximum Gasteiger partial charge on any atom is 0.417 e. The van der Waals surface area contributed by atoms with E-state index >= 15 is 0 Å². The minimum Gasteiger partial charge on any atom is -0.347 e. The first kappa shape index (κ1) is 15.3. The van der Waals surface area contributed by atoms with Gasteiger partial charge in [0.2, 0.25) is 0 Å². The molecule has 118 valence electrons. The van der Waals surface area contributed by atoms with E-state index < -0.39 is 11.7 Å². The summed E-state index contributed by atoms with van der Waals surface area (Å²) in [4.78, 5) is 12.6. The molecule has 1 aromatic carbocycles. The highest BCUT2D eigenvalue weighted by Gasteiger charge is 2.33. The Balaban J connectivity index is 1.87. The highest BCUT2D eigenvalue weighted by molar-refractivity contribution is 7.20. The molecule has 2 N–H and O–H groups in total. The SMILES string of the molecule is O=C(NC1CCCNC1)c1cc2c(C(F)(F)F)cccc2s1. The molecule has 0 aliphatic carbocycles. The zero-order chi connectivity index (χ0) is 15.7. The molecule has 1 aliphatic heterocycles. The standard InChI is InChI=1S/C15H15F3N2OS/c16-15(17,18)11-4-1-5-12-10(11)7-13(22-12)14(21)20-9-3-2-6-19-8-9/h1,4-5,7,9,19H,2-3,6,8H2,(H,20,21). The molecule has 2 heterocycles. The molecule has 2 aromatic rings. The molecule has 1 amide bonds. The first-order valence-corrected chi connectivity index (χ1v) is 7.88. The van der Waals surface area contributed by atoms with E-state index in [1.165, 1.54) is 12.1 Å². The molecule has 1 fully saturated rings. The van der Waals surface area contributed by atoms with Crippen molar-refractivity contribution in [2.24, 2.45) is 0 Å². The number of nitrogens with one attached hydrogen (secondary N) is 2. The van der Waals surface area contributed by atoms with Gasteiger partial charge in [-0.1, -0.05) is 6.07 Å². The topological polar surface area (TPSA) is 41.1 Å². The Kier molecular flexibility index (Phi) is 4.10. The average Bonchev–Trinajstić information content (AvgIpc) is 2.91. The van der Waals surface area contributed by atoms with E-state index in [2.05, 4.69) is 10.6 Å². The number of fused-ring (bicyclic) bond motifs is 1. The zero-order valence-electron chi connectivity index (χ0n) is 11.7. The third-order valence-corrected chi connectivity index (χ3v) is 4.82. The maximum atomic E-state index is 13.0. The molecule has 1 saturated heterocycles. The number of benzene rings is 1. The van der Waals surface area contributed by atoms with E-state index in [1.807, 2.05) is 0 Å². The molecule has 0 radical (unpaired) electrons. The molecule has 1 atom stereocenters. The van der Waals surface area contributed by atoms with Crippen LogP contribution in [0.5, 0.6) is 0 Å². The van der Waals surface area contributed by atoms with Crippen LogP contribution in [0.1, 0.15) is 28.1 Å². The largest absolute Gasteiger partial charge is 0.417 e. The minimum atomic E-state index is -4.42. The quantitative estimate of drug-likeness (QED) is 0.887. The predicted molar refractivity (Wildman–Crippen MR) is 80.2 cm³/mol. The number of alkyl halides is 3. The van der Waals surface area contributed by atoms with Gasteiger partial charge in [0.15, 0.2) is 0 Å². The molecule has 1 unspecified atom stereocenters. The van der Waals surface area contributed by atoms with E-state index in [0.29, 0.717) is 16.1 Å². The molecule has 7 heteroatoms. The van der Waals surface area contributed by atoms with E-state index in [1.54, 1.807) is 6.07 Å². The number of carbonyl (C=O) groups is 1. The average molecular weight is 328 g/mol. The van der Waals surface area contributed by atoms with Gasteiger partial charge >= 0.3 is 6.18 Å². The first-order chi connectivity index (χ1) is 10.4. The Labute approximate surface area is 129 Å². The molecule has 0 bridgehead atoms. The summed E-state index contributed by atoms with van der Waals surface area (Å²) < 4.78 is 39.5. The van der Waals surface area contributed by atoms with Gasteiger partial charge < -0.3 is 10.6 Å². The molecule has 1 aromatic heterocycles. The van der Waals surface area contributed by atoms with Crippen molar-refractivity contribution in [3.8, 4) is 0 Å². The second-order valence-corrected chi connectivity index (χ2v) is 6.43. The molecule has 0 spiro atoms. The van der Waals surface area contributed by atoms with Crippen molar-refractivity contribution in [3.05, 3.63) is 34.7 Å². The number of rotatable bonds is 2. The number of piperidine rings is 1. The lowest BCUT2D eigenvalue weighted by Crippen LogP contribution is -2.45. The summed E-state index contributed by atoms with van der Waals surface area (Å²) in [7, 11) is 0. The van der Waals surface area contributed by atoms with Crippen molar-refractivity contribution in [1.82, 2.24) is 10.6 Å². The van der Waals surface area contributed by atoms with Crippen LogP contribution in [-0.4, -0.2) is 25.0 Å². The van der Waals surface area contributed by atoms with Gasteiger partial charge in [0.25, 0.3) is 5.91 Å².